The number of benzene rings is 1. The van der Waals surface area contributed by atoms with Crippen LogP contribution in [0.1, 0.15) is 41.7 Å². The molecule has 9 heteroatoms. The predicted molar refractivity (Wildman–Crippen MR) is 104 cm³/mol. The van der Waals surface area contributed by atoms with Crippen molar-refractivity contribution in [3.8, 4) is 6.07 Å². The first-order valence-electron chi connectivity index (χ1n) is 8.70. The maximum atomic E-state index is 13.0. The van der Waals surface area contributed by atoms with Crippen molar-refractivity contribution in [2.45, 2.75) is 41.9 Å². The van der Waals surface area contributed by atoms with Crippen LogP contribution in [0, 0.1) is 11.3 Å². The minimum atomic E-state index is -3.73. The standard InChI is InChI=1S/C19H18ClN3O4S/c20-17-6-1-12(19(25)23-13-7-8-22-14(10-13)11-21)9-18(17)28(26,27)16-4-2-15(24)3-5-16/h1,6-10,15-16,24H,2-5H2,(H,22,23,25)/t15-,16-. The van der Waals surface area contributed by atoms with Gasteiger partial charge >= 0.3 is 0 Å². The summed E-state index contributed by atoms with van der Waals surface area (Å²) in [6, 6.07) is 8.91. The lowest BCUT2D eigenvalue weighted by Crippen LogP contribution is -2.29. The highest BCUT2D eigenvalue weighted by molar-refractivity contribution is 7.92. The second-order valence-corrected chi connectivity index (χ2v) is 9.22. The Hall–Kier alpha value is -2.47. The molecule has 146 valence electrons. The van der Waals surface area contributed by atoms with E-state index in [9.17, 15) is 18.3 Å². The summed E-state index contributed by atoms with van der Waals surface area (Å²) >= 11 is 6.13. The monoisotopic (exact) mass is 419 g/mol. The van der Waals surface area contributed by atoms with Gasteiger partial charge in [0.1, 0.15) is 11.8 Å². The number of hydrogen-bond donors (Lipinski definition) is 2. The van der Waals surface area contributed by atoms with Crippen molar-refractivity contribution in [1.29, 1.82) is 5.26 Å². The van der Waals surface area contributed by atoms with Gasteiger partial charge in [-0.15, -0.1) is 0 Å². The van der Waals surface area contributed by atoms with Gasteiger partial charge < -0.3 is 10.4 Å². The second kappa shape index (κ2) is 8.27. The fourth-order valence-electron chi connectivity index (χ4n) is 3.17. The molecule has 2 N–H and O–H groups in total. The van der Waals surface area contributed by atoms with Crippen LogP contribution in [0.5, 0.6) is 0 Å². The highest BCUT2D eigenvalue weighted by Crippen LogP contribution is 2.33. The lowest BCUT2D eigenvalue weighted by Gasteiger charge is -2.25. The van der Waals surface area contributed by atoms with E-state index in [4.69, 9.17) is 16.9 Å². The van der Waals surface area contributed by atoms with Gasteiger partial charge in [0.05, 0.1) is 21.3 Å². The third-order valence-corrected chi connectivity index (χ3v) is 7.46. The first-order chi connectivity index (χ1) is 13.3. The molecule has 1 aliphatic carbocycles. The van der Waals surface area contributed by atoms with Gasteiger partial charge in [-0.1, -0.05) is 11.6 Å². The van der Waals surface area contributed by atoms with Crippen molar-refractivity contribution in [2.75, 3.05) is 5.32 Å². The minimum absolute atomic E-state index is 0.0540. The van der Waals surface area contributed by atoms with Gasteiger partial charge in [0, 0.05) is 17.4 Å². The molecule has 1 amide bonds. The lowest BCUT2D eigenvalue weighted by molar-refractivity contribution is 0.102. The highest BCUT2D eigenvalue weighted by Gasteiger charge is 2.33. The molecule has 28 heavy (non-hydrogen) atoms. The molecule has 1 aliphatic rings. The summed E-state index contributed by atoms with van der Waals surface area (Å²) in [5.41, 5.74) is 0.656. The lowest BCUT2D eigenvalue weighted by atomic mass is 9.97. The van der Waals surface area contributed by atoms with Gasteiger partial charge in [-0.2, -0.15) is 5.26 Å². The maximum absolute atomic E-state index is 13.0. The number of aliphatic hydroxyl groups excluding tert-OH is 1. The summed E-state index contributed by atoms with van der Waals surface area (Å²) in [4.78, 5) is 16.3. The fraction of sp³-hybridized carbons (Fsp3) is 0.316. The van der Waals surface area contributed by atoms with Crippen LogP contribution in [-0.2, 0) is 9.84 Å². The van der Waals surface area contributed by atoms with Crippen LogP contribution in [-0.4, -0.2) is 35.8 Å². The molecule has 1 heterocycles. The summed E-state index contributed by atoms with van der Waals surface area (Å²) < 4.78 is 26.0. The Morgan fingerprint density at radius 2 is 1.93 bits per heavy atom. The molecule has 0 spiro atoms. The van der Waals surface area contributed by atoms with Crippen LogP contribution in [0.3, 0.4) is 0 Å². The number of carbonyl (C=O) groups excluding carboxylic acids is 1. The molecule has 3 rings (SSSR count). The molecule has 0 unspecified atom stereocenters. The van der Waals surface area contributed by atoms with E-state index < -0.39 is 27.1 Å². The van der Waals surface area contributed by atoms with Crippen LogP contribution in [0.4, 0.5) is 5.69 Å². The van der Waals surface area contributed by atoms with Crippen molar-refractivity contribution in [3.05, 3.63) is 52.8 Å². The zero-order valence-electron chi connectivity index (χ0n) is 14.8. The number of halogens is 1. The largest absolute Gasteiger partial charge is 0.393 e. The van der Waals surface area contributed by atoms with Crippen LogP contribution < -0.4 is 5.32 Å². The number of hydrogen-bond acceptors (Lipinski definition) is 6. The molecule has 0 saturated heterocycles. The zero-order chi connectivity index (χ0) is 20.3. The van der Waals surface area contributed by atoms with E-state index >= 15 is 0 Å². The maximum Gasteiger partial charge on any atom is 0.255 e. The molecule has 7 nitrogen and oxygen atoms in total. The average molecular weight is 420 g/mol. The first-order valence-corrected chi connectivity index (χ1v) is 10.6. The normalized spacial score (nSPS) is 19.6. The number of carbonyl (C=O) groups is 1. The Balaban J connectivity index is 1.86. The Morgan fingerprint density at radius 3 is 2.61 bits per heavy atom. The van der Waals surface area contributed by atoms with E-state index in [0.717, 1.165) is 0 Å². The number of aliphatic hydroxyl groups is 1. The van der Waals surface area contributed by atoms with E-state index in [1.807, 2.05) is 6.07 Å². The number of nitriles is 1. The van der Waals surface area contributed by atoms with E-state index in [2.05, 4.69) is 10.3 Å². The third-order valence-electron chi connectivity index (χ3n) is 4.71. The van der Waals surface area contributed by atoms with Crippen molar-refractivity contribution >= 4 is 33.0 Å². The summed E-state index contributed by atoms with van der Waals surface area (Å²) in [6.45, 7) is 0. The number of nitrogens with one attached hydrogen (secondary N) is 1. The molecule has 0 atom stereocenters. The number of rotatable bonds is 4. The van der Waals surface area contributed by atoms with Gasteiger partial charge in [-0.05, 0) is 56.0 Å². The van der Waals surface area contributed by atoms with E-state index in [1.54, 1.807) is 0 Å². The summed E-state index contributed by atoms with van der Waals surface area (Å²) in [6.07, 6.45) is 2.46. The molecule has 1 fully saturated rings. The van der Waals surface area contributed by atoms with Crippen molar-refractivity contribution in [1.82, 2.24) is 4.98 Å². The average Bonchev–Trinajstić information content (AvgIpc) is 2.68. The Morgan fingerprint density at radius 1 is 1.21 bits per heavy atom. The highest BCUT2D eigenvalue weighted by atomic mass is 35.5. The molecule has 0 radical (unpaired) electrons. The Labute approximate surface area is 167 Å². The quantitative estimate of drug-likeness (QED) is 0.786. The summed E-state index contributed by atoms with van der Waals surface area (Å²) in [7, 11) is -3.73. The zero-order valence-corrected chi connectivity index (χ0v) is 16.4. The summed E-state index contributed by atoms with van der Waals surface area (Å²) in [5, 5.41) is 20.5. The van der Waals surface area contributed by atoms with Gasteiger partial charge in [-0.25, -0.2) is 13.4 Å². The molecular weight excluding hydrogens is 402 g/mol. The number of nitrogens with zero attached hydrogens (tertiary/aromatic N) is 2. The van der Waals surface area contributed by atoms with E-state index in [-0.39, 0.29) is 21.2 Å². The predicted octanol–water partition coefficient (Wildman–Crippen LogP) is 2.94. The number of sulfone groups is 1. The minimum Gasteiger partial charge on any atom is -0.393 e. The Kier molecular flexibility index (Phi) is 5.98. The first kappa shape index (κ1) is 20.3. The summed E-state index contributed by atoms with van der Waals surface area (Å²) in [5.74, 6) is -0.526. The van der Waals surface area contributed by atoms with Crippen LogP contribution in [0.15, 0.2) is 41.4 Å². The molecule has 0 bridgehead atoms. The molecular formula is C19H18ClN3O4S. The van der Waals surface area contributed by atoms with Gasteiger partial charge in [0.2, 0.25) is 0 Å². The number of pyridine rings is 1. The topological polar surface area (TPSA) is 120 Å². The Bertz CT molecular complexity index is 1040. The smallest absolute Gasteiger partial charge is 0.255 e. The molecule has 2 aromatic rings. The SMILES string of the molecule is N#Cc1cc(NC(=O)c2ccc(Cl)c(S(=O)(=O)[C@H]3CC[C@H](O)CC3)c2)ccn1. The van der Waals surface area contributed by atoms with Crippen molar-refractivity contribution < 1.29 is 18.3 Å². The van der Waals surface area contributed by atoms with Gasteiger partial charge in [0.15, 0.2) is 9.84 Å². The van der Waals surface area contributed by atoms with E-state index in [0.29, 0.717) is 31.4 Å². The van der Waals surface area contributed by atoms with Crippen LogP contribution in [0.25, 0.3) is 0 Å². The van der Waals surface area contributed by atoms with Gasteiger partial charge in [-0.3, -0.25) is 4.79 Å². The van der Waals surface area contributed by atoms with Gasteiger partial charge in [0.25, 0.3) is 5.91 Å². The number of anilines is 1. The second-order valence-electron chi connectivity index (χ2n) is 6.62. The van der Waals surface area contributed by atoms with Crippen molar-refractivity contribution in [2.24, 2.45) is 0 Å². The molecule has 0 aliphatic heterocycles. The number of amides is 1. The van der Waals surface area contributed by atoms with Crippen LogP contribution >= 0.6 is 11.6 Å². The molecule has 1 aromatic carbocycles. The van der Waals surface area contributed by atoms with E-state index in [1.165, 1.54) is 36.5 Å². The number of aromatic nitrogens is 1. The van der Waals surface area contributed by atoms with Crippen LogP contribution in [0.2, 0.25) is 5.02 Å². The third kappa shape index (κ3) is 4.33. The van der Waals surface area contributed by atoms with Crippen molar-refractivity contribution in [3.63, 3.8) is 0 Å². The molecule has 1 aromatic heterocycles. The molecule has 1 saturated carbocycles. The fourth-order valence-corrected chi connectivity index (χ4v) is 5.49.